The van der Waals surface area contributed by atoms with Gasteiger partial charge in [0, 0.05) is 37.0 Å². The number of carbonyl (C=O) groups is 2. The van der Waals surface area contributed by atoms with Crippen molar-refractivity contribution in [1.82, 2.24) is 15.2 Å². The summed E-state index contributed by atoms with van der Waals surface area (Å²) < 4.78 is 0. The lowest BCUT2D eigenvalue weighted by Gasteiger charge is -2.33. The Hall–Kier alpha value is -1.43. The number of nitrogens with zero attached hydrogens (tertiary/aromatic N) is 2. The van der Waals surface area contributed by atoms with Crippen molar-refractivity contribution in [3.63, 3.8) is 0 Å². The Kier molecular flexibility index (Phi) is 3.50. The first-order chi connectivity index (χ1) is 9.24. The fourth-order valence-corrected chi connectivity index (χ4v) is 3.60. The fourth-order valence-electron chi connectivity index (χ4n) is 2.83. The summed E-state index contributed by atoms with van der Waals surface area (Å²) in [6.07, 6.45) is 5.03. The SMILES string of the molecule is O=C1CC[C@H](C(=O)N2CCC[C@H](c3nccs3)C2)N1. The molecule has 2 aliphatic rings. The van der Waals surface area contributed by atoms with Gasteiger partial charge >= 0.3 is 0 Å². The number of aromatic nitrogens is 1. The molecule has 3 rings (SSSR count). The Morgan fingerprint density at radius 2 is 2.37 bits per heavy atom. The quantitative estimate of drug-likeness (QED) is 0.882. The van der Waals surface area contributed by atoms with Crippen LogP contribution >= 0.6 is 11.3 Å². The van der Waals surface area contributed by atoms with Gasteiger partial charge in [-0.15, -0.1) is 11.3 Å². The molecule has 0 radical (unpaired) electrons. The zero-order chi connectivity index (χ0) is 13.2. The third-order valence-corrected chi connectivity index (χ3v) is 4.77. The molecular formula is C13H17N3O2S. The monoisotopic (exact) mass is 279 g/mol. The first kappa shape index (κ1) is 12.6. The van der Waals surface area contributed by atoms with Crippen LogP contribution in [0.4, 0.5) is 0 Å². The molecule has 0 unspecified atom stereocenters. The Morgan fingerprint density at radius 3 is 3.05 bits per heavy atom. The van der Waals surface area contributed by atoms with Crippen LogP contribution in [-0.2, 0) is 9.59 Å². The lowest BCUT2D eigenvalue weighted by atomic mass is 9.98. The molecule has 102 valence electrons. The van der Waals surface area contributed by atoms with E-state index >= 15 is 0 Å². The molecule has 2 amide bonds. The van der Waals surface area contributed by atoms with Crippen molar-refractivity contribution in [2.24, 2.45) is 0 Å². The lowest BCUT2D eigenvalue weighted by Crippen LogP contribution is -2.47. The smallest absolute Gasteiger partial charge is 0.245 e. The van der Waals surface area contributed by atoms with E-state index in [9.17, 15) is 9.59 Å². The maximum absolute atomic E-state index is 12.4. The molecule has 1 N–H and O–H groups in total. The minimum Gasteiger partial charge on any atom is -0.344 e. The van der Waals surface area contributed by atoms with E-state index in [1.165, 1.54) is 0 Å². The van der Waals surface area contributed by atoms with Gasteiger partial charge in [-0.1, -0.05) is 0 Å². The van der Waals surface area contributed by atoms with E-state index in [1.807, 2.05) is 16.5 Å². The average molecular weight is 279 g/mol. The zero-order valence-corrected chi connectivity index (χ0v) is 11.5. The average Bonchev–Trinajstić information content (AvgIpc) is 3.09. The van der Waals surface area contributed by atoms with Crippen molar-refractivity contribution >= 4 is 23.2 Å². The Bertz CT molecular complexity index is 474. The molecule has 2 atom stereocenters. The molecule has 2 saturated heterocycles. The first-order valence-corrected chi connectivity index (χ1v) is 7.59. The summed E-state index contributed by atoms with van der Waals surface area (Å²) in [6.45, 7) is 1.53. The molecule has 1 aromatic rings. The predicted octanol–water partition coefficient (Wildman–Crippen LogP) is 1.13. The van der Waals surface area contributed by atoms with Crippen LogP contribution in [0.5, 0.6) is 0 Å². The van der Waals surface area contributed by atoms with E-state index in [0.717, 1.165) is 30.9 Å². The Balaban J connectivity index is 1.65. The molecule has 0 spiro atoms. The fraction of sp³-hybridized carbons (Fsp3) is 0.615. The van der Waals surface area contributed by atoms with Gasteiger partial charge in [0.15, 0.2) is 0 Å². The van der Waals surface area contributed by atoms with Gasteiger partial charge in [0.2, 0.25) is 11.8 Å². The van der Waals surface area contributed by atoms with Gasteiger partial charge in [-0.2, -0.15) is 0 Å². The summed E-state index contributed by atoms with van der Waals surface area (Å²) >= 11 is 1.66. The van der Waals surface area contributed by atoms with E-state index in [-0.39, 0.29) is 17.9 Å². The first-order valence-electron chi connectivity index (χ1n) is 6.71. The molecule has 1 aromatic heterocycles. The second-order valence-corrected chi connectivity index (χ2v) is 6.08. The molecule has 19 heavy (non-hydrogen) atoms. The van der Waals surface area contributed by atoms with Crippen LogP contribution in [0.1, 0.15) is 36.6 Å². The molecule has 0 aromatic carbocycles. The Labute approximate surface area is 116 Å². The van der Waals surface area contributed by atoms with Gasteiger partial charge in [0.05, 0.1) is 5.01 Å². The molecule has 2 aliphatic heterocycles. The van der Waals surface area contributed by atoms with Gasteiger partial charge in [0.1, 0.15) is 6.04 Å². The summed E-state index contributed by atoms with van der Waals surface area (Å²) in [5.41, 5.74) is 0. The summed E-state index contributed by atoms with van der Waals surface area (Å²) in [5.74, 6) is 0.425. The molecule has 2 fully saturated rings. The highest BCUT2D eigenvalue weighted by Crippen LogP contribution is 2.28. The maximum Gasteiger partial charge on any atom is 0.245 e. The van der Waals surface area contributed by atoms with E-state index in [4.69, 9.17) is 0 Å². The molecule has 0 aliphatic carbocycles. The molecule has 0 saturated carbocycles. The summed E-state index contributed by atoms with van der Waals surface area (Å²) in [5, 5.41) is 5.86. The van der Waals surface area contributed by atoms with Crippen molar-refractivity contribution in [2.75, 3.05) is 13.1 Å². The van der Waals surface area contributed by atoms with Crippen LogP contribution in [0.25, 0.3) is 0 Å². The van der Waals surface area contributed by atoms with Gasteiger partial charge in [-0.05, 0) is 19.3 Å². The second kappa shape index (κ2) is 5.28. The van der Waals surface area contributed by atoms with Crippen LogP contribution in [0.3, 0.4) is 0 Å². The second-order valence-electron chi connectivity index (χ2n) is 5.15. The van der Waals surface area contributed by atoms with E-state index in [2.05, 4.69) is 10.3 Å². The third-order valence-electron chi connectivity index (χ3n) is 3.83. The number of thiazole rings is 1. The van der Waals surface area contributed by atoms with Crippen LogP contribution in [-0.4, -0.2) is 40.8 Å². The van der Waals surface area contributed by atoms with Crippen molar-refractivity contribution in [1.29, 1.82) is 0 Å². The van der Waals surface area contributed by atoms with Crippen molar-refractivity contribution in [2.45, 2.75) is 37.6 Å². The minimum atomic E-state index is -0.303. The van der Waals surface area contributed by atoms with Gasteiger partial charge in [0.25, 0.3) is 0 Å². The number of hydrogen-bond acceptors (Lipinski definition) is 4. The normalized spacial score (nSPS) is 27.4. The summed E-state index contributed by atoms with van der Waals surface area (Å²) in [7, 11) is 0. The molecule has 3 heterocycles. The minimum absolute atomic E-state index is 0.00756. The van der Waals surface area contributed by atoms with Gasteiger partial charge < -0.3 is 10.2 Å². The van der Waals surface area contributed by atoms with Crippen molar-refractivity contribution in [3.8, 4) is 0 Å². The number of nitrogens with one attached hydrogen (secondary N) is 1. The number of rotatable bonds is 2. The topological polar surface area (TPSA) is 62.3 Å². The number of amides is 2. The lowest BCUT2D eigenvalue weighted by molar-refractivity contribution is -0.135. The van der Waals surface area contributed by atoms with E-state index in [1.54, 1.807) is 11.3 Å². The highest BCUT2D eigenvalue weighted by atomic mass is 32.1. The molecule has 0 bridgehead atoms. The van der Waals surface area contributed by atoms with Crippen LogP contribution in [0.2, 0.25) is 0 Å². The number of hydrogen-bond donors (Lipinski definition) is 1. The Morgan fingerprint density at radius 1 is 1.47 bits per heavy atom. The van der Waals surface area contributed by atoms with Crippen molar-refractivity contribution in [3.05, 3.63) is 16.6 Å². The van der Waals surface area contributed by atoms with E-state index in [0.29, 0.717) is 18.8 Å². The van der Waals surface area contributed by atoms with Crippen LogP contribution in [0, 0.1) is 0 Å². The van der Waals surface area contributed by atoms with Crippen LogP contribution < -0.4 is 5.32 Å². The zero-order valence-electron chi connectivity index (χ0n) is 10.7. The van der Waals surface area contributed by atoms with Crippen LogP contribution in [0.15, 0.2) is 11.6 Å². The van der Waals surface area contributed by atoms with Gasteiger partial charge in [-0.25, -0.2) is 4.98 Å². The highest BCUT2D eigenvalue weighted by Gasteiger charge is 2.33. The van der Waals surface area contributed by atoms with E-state index < -0.39 is 0 Å². The number of likely N-dealkylation sites (tertiary alicyclic amines) is 1. The number of carbonyl (C=O) groups excluding carboxylic acids is 2. The summed E-state index contributed by atoms with van der Waals surface area (Å²) in [6, 6.07) is -0.303. The highest BCUT2D eigenvalue weighted by molar-refractivity contribution is 7.09. The largest absolute Gasteiger partial charge is 0.344 e. The number of piperidine rings is 1. The standard InChI is InChI=1S/C13H17N3O2S/c17-11-4-3-10(15-11)13(18)16-6-1-2-9(8-16)12-14-5-7-19-12/h5,7,9-10H,1-4,6,8H2,(H,15,17)/t9-,10+/m0/s1. The van der Waals surface area contributed by atoms with Gasteiger partial charge in [-0.3, -0.25) is 9.59 Å². The maximum atomic E-state index is 12.4. The summed E-state index contributed by atoms with van der Waals surface area (Å²) in [4.78, 5) is 29.8. The molecule has 6 heteroatoms. The predicted molar refractivity (Wildman–Crippen MR) is 71.8 cm³/mol. The third kappa shape index (κ3) is 2.63. The molecule has 5 nitrogen and oxygen atoms in total. The molecular weight excluding hydrogens is 262 g/mol. The van der Waals surface area contributed by atoms with Crippen molar-refractivity contribution < 1.29 is 9.59 Å².